The molecule has 0 N–H and O–H groups in total. The molecule has 4 rings (SSSR count). The van der Waals surface area contributed by atoms with E-state index in [-0.39, 0.29) is 31.7 Å². The first-order valence-electron chi connectivity index (χ1n) is 17.8. The zero-order chi connectivity index (χ0) is 37.9. The predicted octanol–water partition coefficient (Wildman–Crippen LogP) is 9.00. The van der Waals surface area contributed by atoms with Crippen molar-refractivity contribution < 1.29 is 36.9 Å². The average Bonchev–Trinajstić information content (AvgIpc) is 3.50. The van der Waals surface area contributed by atoms with Gasteiger partial charge in [-0.3, -0.25) is 4.79 Å². The van der Waals surface area contributed by atoms with Gasteiger partial charge in [-0.25, -0.2) is 13.3 Å². The number of carbonyl (C=O) groups is 1. The van der Waals surface area contributed by atoms with Crippen molar-refractivity contribution in [3.8, 4) is 17.2 Å². The molecule has 0 amide bonds. The number of sulfonamides is 1. The van der Waals surface area contributed by atoms with E-state index in [9.17, 15) is 13.2 Å². The summed E-state index contributed by atoms with van der Waals surface area (Å²) in [6.45, 7) is 21.4. The molecule has 1 aliphatic carbocycles. The van der Waals surface area contributed by atoms with E-state index in [0.717, 1.165) is 41.8 Å². The van der Waals surface area contributed by atoms with Gasteiger partial charge in [0.05, 0.1) is 25.9 Å². The summed E-state index contributed by atoms with van der Waals surface area (Å²) >= 11 is 0. The minimum atomic E-state index is -3.91. The van der Waals surface area contributed by atoms with Gasteiger partial charge < -0.3 is 23.7 Å². The third kappa shape index (κ3) is 12.9. The van der Waals surface area contributed by atoms with Gasteiger partial charge in [-0.1, -0.05) is 75.7 Å². The van der Waals surface area contributed by atoms with Crippen molar-refractivity contribution in [1.29, 1.82) is 0 Å². The van der Waals surface area contributed by atoms with Crippen molar-refractivity contribution in [3.05, 3.63) is 94.8 Å². The summed E-state index contributed by atoms with van der Waals surface area (Å²) in [5.41, 5.74) is 3.38. The van der Waals surface area contributed by atoms with E-state index < -0.39 is 38.1 Å². The molecule has 0 aliphatic heterocycles. The minimum Gasteiger partial charge on any atom is -0.486 e. The molecule has 282 valence electrons. The lowest BCUT2D eigenvalue weighted by atomic mass is 9.97. The maximum Gasteiger partial charge on any atom is 0.306 e. The Bertz CT molecular complexity index is 1740. The van der Waals surface area contributed by atoms with Crippen LogP contribution in [0.3, 0.4) is 0 Å². The van der Waals surface area contributed by atoms with Gasteiger partial charge >= 0.3 is 5.97 Å². The molecule has 52 heavy (non-hydrogen) atoms. The Morgan fingerprint density at radius 2 is 1.48 bits per heavy atom. The maximum absolute atomic E-state index is 13.9. The Kier molecular flexibility index (Phi) is 14.7. The molecule has 3 aromatic carbocycles. The number of esters is 1. The van der Waals surface area contributed by atoms with Gasteiger partial charge in [-0.15, -0.1) is 0 Å². The maximum atomic E-state index is 13.9. The summed E-state index contributed by atoms with van der Waals surface area (Å²) in [4.78, 5) is 16.0. The highest BCUT2D eigenvalue weighted by Gasteiger charge is 2.31. The number of rotatable bonds is 20. The van der Waals surface area contributed by atoms with E-state index in [1.165, 1.54) is 11.4 Å². The molecule has 0 bridgehead atoms. The van der Waals surface area contributed by atoms with Gasteiger partial charge in [0, 0.05) is 40.8 Å². The summed E-state index contributed by atoms with van der Waals surface area (Å²) in [5, 5.41) is 0. The molecule has 3 aromatic rings. The van der Waals surface area contributed by atoms with Gasteiger partial charge in [0.15, 0.2) is 5.69 Å². The molecular weight excluding hydrogens is 713 g/mol. The molecule has 1 unspecified atom stereocenters. The zero-order valence-corrected chi connectivity index (χ0v) is 34.5. The molecule has 10 nitrogen and oxygen atoms in total. The first-order chi connectivity index (χ1) is 24.6. The smallest absolute Gasteiger partial charge is 0.306 e. The van der Waals surface area contributed by atoms with E-state index in [2.05, 4.69) is 44.1 Å². The summed E-state index contributed by atoms with van der Waals surface area (Å²) in [6, 6.07) is 22.1. The van der Waals surface area contributed by atoms with Crippen molar-refractivity contribution in [1.82, 2.24) is 4.31 Å². The Morgan fingerprint density at radius 1 is 0.885 bits per heavy atom. The highest BCUT2D eigenvalue weighted by Crippen LogP contribution is 2.41. The monoisotopic (exact) mass is 766 g/mol. The Labute approximate surface area is 312 Å². The fraction of sp³-hybridized carbons (Fsp3) is 0.487. The number of hydrogen-bond acceptors (Lipinski definition) is 8. The minimum absolute atomic E-state index is 0.101. The number of benzene rings is 3. The van der Waals surface area contributed by atoms with Crippen LogP contribution < -0.4 is 9.47 Å². The quantitative estimate of drug-likeness (QED) is 0.0369. The van der Waals surface area contributed by atoms with E-state index in [0.29, 0.717) is 36.0 Å². The third-order valence-corrected chi connectivity index (χ3v) is 14.1. The van der Waals surface area contributed by atoms with Crippen LogP contribution in [0, 0.1) is 6.57 Å². The van der Waals surface area contributed by atoms with Crippen molar-refractivity contribution in [3.63, 3.8) is 0 Å². The highest BCUT2D eigenvalue weighted by molar-refractivity contribution is 7.89. The first kappa shape index (κ1) is 41.2. The van der Waals surface area contributed by atoms with E-state index in [1.54, 1.807) is 24.3 Å². The number of fused-ring (bicyclic) bond motifs is 1. The lowest BCUT2D eigenvalue weighted by molar-refractivity contribution is -0.140. The third-order valence-electron chi connectivity index (χ3n) is 8.91. The van der Waals surface area contributed by atoms with Crippen LogP contribution in [0.25, 0.3) is 4.85 Å². The van der Waals surface area contributed by atoms with Gasteiger partial charge in [-0.05, 0) is 66.4 Å². The first-order valence-corrected chi connectivity index (χ1v) is 26.8. The molecule has 2 atom stereocenters. The van der Waals surface area contributed by atoms with Crippen molar-refractivity contribution >= 4 is 37.8 Å². The fourth-order valence-electron chi connectivity index (χ4n) is 5.70. The van der Waals surface area contributed by atoms with Crippen LogP contribution in [0.4, 0.5) is 5.69 Å². The molecule has 0 heterocycles. The molecular formula is C39H54N2O8SSi2. The summed E-state index contributed by atoms with van der Waals surface area (Å²) in [6.07, 6.45) is 1.27. The second-order valence-electron chi connectivity index (χ2n) is 15.6. The lowest BCUT2D eigenvalue weighted by Crippen LogP contribution is -2.39. The van der Waals surface area contributed by atoms with Gasteiger partial charge in [-0.2, -0.15) is 4.31 Å². The fourth-order valence-corrected chi connectivity index (χ4v) is 8.72. The van der Waals surface area contributed by atoms with Crippen LogP contribution in [0.15, 0.2) is 66.7 Å². The van der Waals surface area contributed by atoms with Crippen LogP contribution in [-0.4, -0.2) is 74.4 Å². The van der Waals surface area contributed by atoms with E-state index in [4.69, 9.17) is 30.3 Å². The van der Waals surface area contributed by atoms with Crippen LogP contribution in [0.1, 0.15) is 41.6 Å². The molecule has 0 fully saturated rings. The zero-order valence-electron chi connectivity index (χ0n) is 31.6. The molecule has 0 saturated carbocycles. The molecule has 13 heteroatoms. The second-order valence-corrected chi connectivity index (χ2v) is 28.9. The van der Waals surface area contributed by atoms with Crippen LogP contribution in [0.2, 0.25) is 51.4 Å². The topological polar surface area (TPSA) is 105 Å². The average molecular weight is 767 g/mol. The molecule has 0 aromatic heterocycles. The Hall–Kier alpha value is -3.52. The van der Waals surface area contributed by atoms with Gasteiger partial charge in [0.1, 0.15) is 36.8 Å². The SMILES string of the molecule is [C-]#[N+]c1ccc(Oc2cccc3c2CC[C@H]3Oc2ccc(C(CC(=O)OC)CS(=O)(=O)N(COCC[Si](C)(C)C)COCC[Si](C)(C)C)cc2)cc1. The summed E-state index contributed by atoms with van der Waals surface area (Å²) in [7, 11) is -5.34. The normalized spacial score (nSPS) is 15.2. The number of carbonyl (C=O) groups excluding carboxylic acids is 1. The molecule has 1 aliphatic rings. The molecule has 0 spiro atoms. The Morgan fingerprint density at radius 3 is 2.04 bits per heavy atom. The molecule has 0 radical (unpaired) electrons. The largest absolute Gasteiger partial charge is 0.486 e. The Balaban J connectivity index is 1.47. The predicted molar refractivity (Wildman–Crippen MR) is 210 cm³/mol. The lowest BCUT2D eigenvalue weighted by Gasteiger charge is -2.26. The van der Waals surface area contributed by atoms with Gasteiger partial charge in [0.25, 0.3) is 0 Å². The van der Waals surface area contributed by atoms with Crippen molar-refractivity contribution in [2.45, 2.75) is 82.7 Å². The van der Waals surface area contributed by atoms with Crippen LogP contribution >= 0.6 is 0 Å². The van der Waals surface area contributed by atoms with E-state index >= 15 is 0 Å². The van der Waals surface area contributed by atoms with Gasteiger partial charge in [0.2, 0.25) is 10.0 Å². The van der Waals surface area contributed by atoms with Crippen LogP contribution in [-0.2, 0) is 35.4 Å². The second kappa shape index (κ2) is 18.5. The highest BCUT2D eigenvalue weighted by atomic mass is 32.2. The number of hydrogen-bond donors (Lipinski definition) is 0. The standard InChI is InChI=1S/C39H54N2O8SSi2/c1-40-32-14-18-34(19-15-32)48-37-11-9-10-35-36(37)20-21-38(35)49-33-16-12-30(13-17-33)31(26-39(42)45-2)27-50(43,44)41(28-46-22-24-51(3,4)5)29-47-23-25-52(6,7)8/h9-19,31,38H,20-29H2,2-8H3/t31?,38-/m1/s1. The number of methoxy groups -OCH3 is 1. The van der Waals surface area contributed by atoms with Crippen molar-refractivity contribution in [2.75, 3.05) is 39.5 Å². The number of nitrogens with zero attached hydrogens (tertiary/aromatic N) is 2. The van der Waals surface area contributed by atoms with E-state index in [1.807, 2.05) is 42.5 Å². The number of ether oxygens (including phenoxy) is 5. The van der Waals surface area contributed by atoms with Crippen LogP contribution in [0.5, 0.6) is 17.2 Å². The molecule has 0 saturated heterocycles. The van der Waals surface area contributed by atoms with Crippen molar-refractivity contribution in [2.24, 2.45) is 0 Å². The summed E-state index contributed by atoms with van der Waals surface area (Å²) in [5.74, 6) is 0.600. The summed E-state index contributed by atoms with van der Waals surface area (Å²) < 4.78 is 58.5.